The highest BCUT2D eigenvalue weighted by atomic mass is 16.1. The van der Waals surface area contributed by atoms with Crippen LogP contribution in [-0.2, 0) is 6.54 Å². The number of rotatable bonds is 3. The SMILES string of the molecule is CCn1cc(NC(=O)c2cccnc2N)cn1. The fourth-order valence-corrected chi connectivity index (χ4v) is 1.41. The van der Waals surface area contributed by atoms with Gasteiger partial charge in [0.05, 0.1) is 17.4 Å². The Hall–Kier alpha value is -2.37. The minimum Gasteiger partial charge on any atom is -0.383 e. The maximum absolute atomic E-state index is 11.9. The number of nitrogen functional groups attached to an aromatic ring is 1. The second-order valence-electron chi connectivity index (χ2n) is 3.48. The van der Waals surface area contributed by atoms with E-state index in [9.17, 15) is 4.79 Å². The lowest BCUT2D eigenvalue weighted by molar-refractivity contribution is 0.102. The van der Waals surface area contributed by atoms with E-state index in [1.54, 1.807) is 35.4 Å². The van der Waals surface area contributed by atoms with Gasteiger partial charge in [0, 0.05) is 18.9 Å². The third kappa shape index (κ3) is 2.41. The molecule has 2 aromatic heterocycles. The molecule has 2 rings (SSSR count). The van der Waals surface area contributed by atoms with Crippen molar-refractivity contribution in [1.29, 1.82) is 0 Å². The molecule has 0 aliphatic carbocycles. The Kier molecular flexibility index (Phi) is 3.04. The minimum atomic E-state index is -0.286. The van der Waals surface area contributed by atoms with Gasteiger partial charge < -0.3 is 11.1 Å². The average molecular weight is 231 g/mol. The second-order valence-corrected chi connectivity index (χ2v) is 3.48. The maximum Gasteiger partial charge on any atom is 0.259 e. The Morgan fingerprint density at radius 2 is 2.41 bits per heavy atom. The Balaban J connectivity index is 2.14. The lowest BCUT2D eigenvalue weighted by Crippen LogP contribution is -2.14. The molecule has 3 N–H and O–H groups in total. The molecule has 0 radical (unpaired) electrons. The van der Waals surface area contributed by atoms with Crippen LogP contribution in [0.15, 0.2) is 30.7 Å². The van der Waals surface area contributed by atoms with Crippen LogP contribution in [0.5, 0.6) is 0 Å². The summed E-state index contributed by atoms with van der Waals surface area (Å²) >= 11 is 0. The fourth-order valence-electron chi connectivity index (χ4n) is 1.41. The van der Waals surface area contributed by atoms with Gasteiger partial charge in [0.1, 0.15) is 5.82 Å². The van der Waals surface area contributed by atoms with Crippen molar-refractivity contribution < 1.29 is 4.79 Å². The molecule has 17 heavy (non-hydrogen) atoms. The van der Waals surface area contributed by atoms with Crippen LogP contribution in [0, 0.1) is 0 Å². The zero-order valence-electron chi connectivity index (χ0n) is 9.42. The number of hydrogen-bond donors (Lipinski definition) is 2. The Bertz CT molecular complexity index is 534. The molecule has 6 heteroatoms. The Labute approximate surface area is 98.5 Å². The van der Waals surface area contributed by atoms with Gasteiger partial charge in [-0.25, -0.2) is 4.98 Å². The first kappa shape index (κ1) is 11.1. The van der Waals surface area contributed by atoms with Gasteiger partial charge >= 0.3 is 0 Å². The quantitative estimate of drug-likeness (QED) is 0.829. The summed E-state index contributed by atoms with van der Waals surface area (Å²) in [7, 11) is 0. The van der Waals surface area contributed by atoms with Crippen LogP contribution in [0.1, 0.15) is 17.3 Å². The third-order valence-corrected chi connectivity index (χ3v) is 2.30. The predicted octanol–water partition coefficient (Wildman–Crippen LogP) is 1.13. The first-order chi connectivity index (χ1) is 8.20. The summed E-state index contributed by atoms with van der Waals surface area (Å²) in [5.41, 5.74) is 6.61. The molecule has 88 valence electrons. The molecule has 0 fully saturated rings. The van der Waals surface area contributed by atoms with Gasteiger partial charge in [-0.1, -0.05) is 0 Å². The molecule has 0 aromatic carbocycles. The summed E-state index contributed by atoms with van der Waals surface area (Å²) in [4.78, 5) is 15.7. The zero-order valence-corrected chi connectivity index (χ0v) is 9.42. The van der Waals surface area contributed by atoms with Crippen molar-refractivity contribution in [3.8, 4) is 0 Å². The number of aromatic nitrogens is 3. The van der Waals surface area contributed by atoms with E-state index in [1.165, 1.54) is 0 Å². The summed E-state index contributed by atoms with van der Waals surface area (Å²) in [6.45, 7) is 2.72. The van der Waals surface area contributed by atoms with Crippen LogP contribution in [0.25, 0.3) is 0 Å². The van der Waals surface area contributed by atoms with Gasteiger partial charge in [-0.2, -0.15) is 5.10 Å². The van der Waals surface area contributed by atoms with E-state index in [0.29, 0.717) is 11.3 Å². The van der Waals surface area contributed by atoms with Crippen molar-refractivity contribution in [2.24, 2.45) is 0 Å². The molecule has 0 spiro atoms. The topological polar surface area (TPSA) is 85.8 Å². The van der Waals surface area contributed by atoms with Gasteiger partial charge in [0.2, 0.25) is 0 Å². The van der Waals surface area contributed by atoms with Gasteiger partial charge in [-0.05, 0) is 19.1 Å². The van der Waals surface area contributed by atoms with Gasteiger partial charge in [-0.3, -0.25) is 9.48 Å². The summed E-state index contributed by atoms with van der Waals surface area (Å²) in [5, 5.41) is 6.77. The van der Waals surface area contributed by atoms with Crippen LogP contribution < -0.4 is 11.1 Å². The number of hydrogen-bond acceptors (Lipinski definition) is 4. The molecule has 0 atom stereocenters. The van der Waals surface area contributed by atoms with Crippen LogP contribution in [-0.4, -0.2) is 20.7 Å². The van der Waals surface area contributed by atoms with E-state index in [-0.39, 0.29) is 11.7 Å². The first-order valence-electron chi connectivity index (χ1n) is 5.25. The van der Waals surface area contributed by atoms with Gasteiger partial charge in [0.15, 0.2) is 0 Å². The number of carbonyl (C=O) groups is 1. The number of amides is 1. The van der Waals surface area contributed by atoms with Crippen molar-refractivity contribution in [3.63, 3.8) is 0 Å². The van der Waals surface area contributed by atoms with Crippen molar-refractivity contribution in [2.75, 3.05) is 11.1 Å². The standard InChI is InChI=1S/C11H13N5O/c1-2-16-7-8(6-14-16)15-11(17)9-4-3-5-13-10(9)12/h3-7H,2H2,1H3,(H2,12,13)(H,15,17). The smallest absolute Gasteiger partial charge is 0.259 e. The van der Waals surface area contributed by atoms with E-state index in [2.05, 4.69) is 15.4 Å². The molecule has 0 saturated carbocycles. The number of pyridine rings is 1. The highest BCUT2D eigenvalue weighted by Crippen LogP contribution is 2.11. The highest BCUT2D eigenvalue weighted by Gasteiger charge is 2.10. The largest absolute Gasteiger partial charge is 0.383 e. The Morgan fingerprint density at radius 3 is 3.06 bits per heavy atom. The van der Waals surface area contributed by atoms with E-state index < -0.39 is 0 Å². The normalized spacial score (nSPS) is 10.2. The maximum atomic E-state index is 11.9. The molecule has 0 aliphatic heterocycles. The average Bonchev–Trinajstić information content (AvgIpc) is 2.77. The lowest BCUT2D eigenvalue weighted by atomic mass is 10.2. The van der Waals surface area contributed by atoms with E-state index in [0.717, 1.165) is 6.54 Å². The fraction of sp³-hybridized carbons (Fsp3) is 0.182. The monoisotopic (exact) mass is 231 g/mol. The minimum absolute atomic E-state index is 0.216. The summed E-state index contributed by atoms with van der Waals surface area (Å²) in [6, 6.07) is 3.29. The van der Waals surface area contributed by atoms with E-state index in [4.69, 9.17) is 5.73 Å². The predicted molar refractivity (Wildman–Crippen MR) is 64.5 cm³/mol. The number of nitrogens with one attached hydrogen (secondary N) is 1. The molecule has 2 heterocycles. The first-order valence-corrected chi connectivity index (χ1v) is 5.25. The third-order valence-electron chi connectivity index (χ3n) is 2.30. The van der Waals surface area contributed by atoms with Crippen molar-refractivity contribution in [1.82, 2.24) is 14.8 Å². The van der Waals surface area contributed by atoms with Gasteiger partial charge in [0.25, 0.3) is 5.91 Å². The number of anilines is 2. The van der Waals surface area contributed by atoms with Crippen LogP contribution in [0.2, 0.25) is 0 Å². The molecule has 6 nitrogen and oxygen atoms in total. The van der Waals surface area contributed by atoms with Crippen LogP contribution in [0.3, 0.4) is 0 Å². The number of aryl methyl sites for hydroxylation is 1. The van der Waals surface area contributed by atoms with Crippen molar-refractivity contribution in [2.45, 2.75) is 13.5 Å². The van der Waals surface area contributed by atoms with E-state index >= 15 is 0 Å². The van der Waals surface area contributed by atoms with Crippen LogP contribution >= 0.6 is 0 Å². The molecular weight excluding hydrogens is 218 g/mol. The Morgan fingerprint density at radius 1 is 1.59 bits per heavy atom. The second kappa shape index (κ2) is 4.65. The summed E-state index contributed by atoms with van der Waals surface area (Å²) < 4.78 is 1.72. The number of nitrogens with zero attached hydrogens (tertiary/aromatic N) is 3. The lowest BCUT2D eigenvalue weighted by Gasteiger charge is -2.03. The highest BCUT2D eigenvalue weighted by molar-refractivity contribution is 6.06. The molecule has 2 aromatic rings. The molecule has 0 saturated heterocycles. The molecule has 0 bridgehead atoms. The zero-order chi connectivity index (χ0) is 12.3. The van der Waals surface area contributed by atoms with E-state index in [1.807, 2.05) is 6.92 Å². The number of carbonyl (C=O) groups excluding carboxylic acids is 1. The molecule has 0 aliphatic rings. The summed E-state index contributed by atoms with van der Waals surface area (Å²) in [6.07, 6.45) is 4.89. The molecular formula is C11H13N5O. The summed E-state index contributed by atoms with van der Waals surface area (Å²) in [5.74, 6) is -0.0702. The molecule has 1 amide bonds. The number of nitrogens with two attached hydrogens (primary N) is 1. The van der Waals surface area contributed by atoms with Crippen molar-refractivity contribution >= 4 is 17.4 Å². The van der Waals surface area contributed by atoms with Crippen molar-refractivity contribution in [3.05, 3.63) is 36.3 Å². The van der Waals surface area contributed by atoms with Crippen LogP contribution in [0.4, 0.5) is 11.5 Å². The van der Waals surface area contributed by atoms with Gasteiger partial charge in [-0.15, -0.1) is 0 Å². The molecule has 0 unspecified atom stereocenters.